The van der Waals surface area contributed by atoms with Gasteiger partial charge in [0.2, 0.25) is 5.91 Å². The highest BCUT2D eigenvalue weighted by Gasteiger charge is 2.06. The molecule has 0 aliphatic carbocycles. The van der Waals surface area contributed by atoms with Crippen molar-refractivity contribution in [2.45, 2.75) is 4.90 Å². The lowest BCUT2D eigenvalue weighted by Gasteiger charge is -2.07. The third kappa shape index (κ3) is 3.75. The molecular formula is C17H15N3O3S. The number of rotatable bonds is 5. The van der Waals surface area contributed by atoms with Crippen molar-refractivity contribution in [3.63, 3.8) is 0 Å². The van der Waals surface area contributed by atoms with Gasteiger partial charge in [0.25, 0.3) is 5.56 Å². The van der Waals surface area contributed by atoms with Gasteiger partial charge in [0, 0.05) is 10.6 Å². The summed E-state index contributed by atoms with van der Waals surface area (Å²) in [6.45, 7) is 0. The molecule has 0 saturated carbocycles. The number of nitrogens with zero attached hydrogens (tertiary/aromatic N) is 1. The Morgan fingerprint density at radius 2 is 2.17 bits per heavy atom. The lowest BCUT2D eigenvalue weighted by Crippen LogP contribution is -2.14. The zero-order valence-corrected chi connectivity index (χ0v) is 13.7. The van der Waals surface area contributed by atoms with Crippen LogP contribution in [0.1, 0.15) is 0 Å². The quantitative estimate of drug-likeness (QED) is 0.697. The molecule has 0 spiro atoms. The predicted octanol–water partition coefficient (Wildman–Crippen LogP) is 2.66. The number of aromatic nitrogens is 2. The highest BCUT2D eigenvalue weighted by Crippen LogP contribution is 2.23. The molecule has 1 amide bonds. The van der Waals surface area contributed by atoms with Gasteiger partial charge in [0.15, 0.2) is 0 Å². The number of aromatic amines is 1. The number of thioether (sulfide) groups is 1. The van der Waals surface area contributed by atoms with E-state index in [2.05, 4.69) is 15.3 Å². The molecule has 0 fully saturated rings. The van der Waals surface area contributed by atoms with Crippen LogP contribution in [-0.2, 0) is 4.79 Å². The van der Waals surface area contributed by atoms with Crippen LogP contribution in [0, 0.1) is 0 Å². The van der Waals surface area contributed by atoms with E-state index in [9.17, 15) is 9.59 Å². The predicted molar refractivity (Wildman–Crippen MR) is 94.7 cm³/mol. The van der Waals surface area contributed by atoms with E-state index in [1.54, 1.807) is 25.3 Å². The van der Waals surface area contributed by atoms with E-state index in [1.165, 1.54) is 18.1 Å². The van der Waals surface area contributed by atoms with Crippen molar-refractivity contribution in [1.82, 2.24) is 9.97 Å². The summed E-state index contributed by atoms with van der Waals surface area (Å²) in [5.41, 5.74) is 0.918. The third-order valence-electron chi connectivity index (χ3n) is 3.34. The van der Waals surface area contributed by atoms with Crippen LogP contribution in [0.15, 0.2) is 58.5 Å². The van der Waals surface area contributed by atoms with Crippen LogP contribution in [0.2, 0.25) is 0 Å². The number of carbonyl (C=O) groups is 1. The second-order valence-corrected chi connectivity index (χ2v) is 6.03. The van der Waals surface area contributed by atoms with E-state index >= 15 is 0 Å². The normalized spacial score (nSPS) is 10.5. The molecule has 0 aliphatic rings. The third-order valence-corrected chi connectivity index (χ3v) is 4.33. The number of nitrogens with one attached hydrogen (secondary N) is 2. The Balaban J connectivity index is 1.66. The van der Waals surface area contributed by atoms with Gasteiger partial charge in [-0.05, 0) is 36.4 Å². The summed E-state index contributed by atoms with van der Waals surface area (Å²) in [7, 11) is 1.60. The molecule has 6 nitrogen and oxygen atoms in total. The van der Waals surface area contributed by atoms with Crippen molar-refractivity contribution < 1.29 is 9.53 Å². The van der Waals surface area contributed by atoms with Crippen molar-refractivity contribution in [2.24, 2.45) is 0 Å². The van der Waals surface area contributed by atoms with Gasteiger partial charge in [0.05, 0.1) is 30.1 Å². The first-order chi connectivity index (χ1) is 11.7. The van der Waals surface area contributed by atoms with Gasteiger partial charge in [-0.25, -0.2) is 4.98 Å². The van der Waals surface area contributed by atoms with Crippen molar-refractivity contribution >= 4 is 34.3 Å². The summed E-state index contributed by atoms with van der Waals surface area (Å²) in [6.07, 6.45) is 1.35. The fourth-order valence-electron chi connectivity index (χ4n) is 2.18. The first-order valence-corrected chi connectivity index (χ1v) is 8.18. The molecule has 0 bridgehead atoms. The molecule has 2 aromatic carbocycles. The second kappa shape index (κ2) is 7.18. The number of anilines is 1. The van der Waals surface area contributed by atoms with Gasteiger partial charge in [-0.3, -0.25) is 9.59 Å². The van der Waals surface area contributed by atoms with E-state index in [1.807, 2.05) is 24.3 Å². The highest BCUT2D eigenvalue weighted by atomic mass is 32.2. The molecule has 0 saturated heterocycles. The monoisotopic (exact) mass is 341 g/mol. The molecule has 2 N–H and O–H groups in total. The van der Waals surface area contributed by atoms with Gasteiger partial charge >= 0.3 is 0 Å². The van der Waals surface area contributed by atoms with Crippen LogP contribution in [-0.4, -0.2) is 28.7 Å². The lowest BCUT2D eigenvalue weighted by atomic mass is 10.2. The van der Waals surface area contributed by atoms with E-state index in [0.717, 1.165) is 10.6 Å². The highest BCUT2D eigenvalue weighted by molar-refractivity contribution is 8.00. The summed E-state index contributed by atoms with van der Waals surface area (Å²) >= 11 is 1.41. The molecule has 0 unspecified atom stereocenters. The van der Waals surface area contributed by atoms with Crippen molar-refractivity contribution in [3.05, 3.63) is 59.1 Å². The summed E-state index contributed by atoms with van der Waals surface area (Å²) in [6, 6.07) is 12.6. The SMILES string of the molecule is COc1cccc(SCC(=O)Nc2ccc3nc[nH]c(=O)c3c2)c1. The summed E-state index contributed by atoms with van der Waals surface area (Å²) in [4.78, 5) is 31.4. The number of ether oxygens (including phenoxy) is 1. The Bertz CT molecular complexity index is 940. The topological polar surface area (TPSA) is 84.1 Å². The molecule has 122 valence electrons. The van der Waals surface area contributed by atoms with Gasteiger partial charge in [-0.15, -0.1) is 11.8 Å². The number of amides is 1. The molecule has 0 atom stereocenters. The largest absolute Gasteiger partial charge is 0.497 e. The first kappa shape index (κ1) is 16.1. The zero-order valence-electron chi connectivity index (χ0n) is 12.9. The van der Waals surface area contributed by atoms with E-state index in [-0.39, 0.29) is 17.2 Å². The Hall–Kier alpha value is -2.80. The number of hydrogen-bond acceptors (Lipinski definition) is 5. The van der Waals surface area contributed by atoms with Crippen LogP contribution >= 0.6 is 11.8 Å². The smallest absolute Gasteiger partial charge is 0.258 e. The van der Waals surface area contributed by atoms with Crippen molar-refractivity contribution in [3.8, 4) is 5.75 Å². The van der Waals surface area contributed by atoms with Crippen LogP contribution in [0.25, 0.3) is 10.9 Å². The second-order valence-electron chi connectivity index (χ2n) is 4.98. The molecule has 1 aromatic heterocycles. The average Bonchev–Trinajstić information content (AvgIpc) is 2.61. The maximum Gasteiger partial charge on any atom is 0.258 e. The van der Waals surface area contributed by atoms with Crippen LogP contribution in [0.4, 0.5) is 5.69 Å². The Labute approximate surface area is 142 Å². The molecule has 1 heterocycles. The molecule has 3 aromatic rings. The number of carbonyl (C=O) groups excluding carboxylic acids is 1. The molecule has 3 rings (SSSR count). The van der Waals surface area contributed by atoms with E-state index < -0.39 is 0 Å². The van der Waals surface area contributed by atoms with E-state index in [0.29, 0.717) is 16.6 Å². The standard InChI is InChI=1S/C17H15N3O3S/c1-23-12-3-2-4-13(8-12)24-9-16(21)20-11-5-6-15-14(7-11)17(22)19-10-18-15/h2-8,10H,9H2,1H3,(H,20,21)(H,18,19,22). The van der Waals surface area contributed by atoms with Crippen molar-refractivity contribution in [2.75, 3.05) is 18.2 Å². The molecule has 24 heavy (non-hydrogen) atoms. The zero-order chi connectivity index (χ0) is 16.9. The van der Waals surface area contributed by atoms with Gasteiger partial charge in [-0.1, -0.05) is 6.07 Å². The summed E-state index contributed by atoms with van der Waals surface area (Å²) in [5.74, 6) is 0.860. The van der Waals surface area contributed by atoms with Crippen LogP contribution in [0.5, 0.6) is 5.75 Å². The summed E-state index contributed by atoms with van der Waals surface area (Å²) < 4.78 is 5.16. The van der Waals surface area contributed by atoms with Crippen LogP contribution < -0.4 is 15.6 Å². The van der Waals surface area contributed by atoms with Gasteiger partial charge in [0.1, 0.15) is 5.75 Å². The van der Waals surface area contributed by atoms with Gasteiger partial charge < -0.3 is 15.0 Å². The molecule has 0 radical (unpaired) electrons. The first-order valence-electron chi connectivity index (χ1n) is 7.20. The minimum absolute atomic E-state index is 0.150. The maximum atomic E-state index is 12.1. The molecule has 7 heteroatoms. The average molecular weight is 341 g/mol. The Morgan fingerprint density at radius 3 is 3.00 bits per heavy atom. The fourth-order valence-corrected chi connectivity index (χ4v) is 2.93. The number of hydrogen-bond donors (Lipinski definition) is 2. The number of fused-ring (bicyclic) bond motifs is 1. The number of H-pyrrole nitrogens is 1. The maximum absolute atomic E-state index is 12.1. The van der Waals surface area contributed by atoms with Crippen LogP contribution in [0.3, 0.4) is 0 Å². The molecular weight excluding hydrogens is 326 g/mol. The summed E-state index contributed by atoms with van der Waals surface area (Å²) in [5, 5.41) is 3.23. The fraction of sp³-hybridized carbons (Fsp3) is 0.118. The number of benzene rings is 2. The minimum atomic E-state index is -0.234. The number of methoxy groups -OCH3 is 1. The Morgan fingerprint density at radius 1 is 1.29 bits per heavy atom. The van der Waals surface area contributed by atoms with Gasteiger partial charge in [-0.2, -0.15) is 0 Å². The molecule has 0 aliphatic heterocycles. The lowest BCUT2D eigenvalue weighted by molar-refractivity contribution is -0.113. The van der Waals surface area contributed by atoms with E-state index in [4.69, 9.17) is 4.74 Å². The minimum Gasteiger partial charge on any atom is -0.497 e. The Kier molecular flexibility index (Phi) is 4.81. The van der Waals surface area contributed by atoms with Crippen molar-refractivity contribution in [1.29, 1.82) is 0 Å².